The van der Waals surface area contributed by atoms with Crippen LogP contribution in [0.25, 0.3) is 16.8 Å². The molecule has 0 bridgehead atoms. The lowest BCUT2D eigenvalue weighted by molar-refractivity contribution is -0.117. The molecular formula is C23H29N5O4. The van der Waals surface area contributed by atoms with Crippen molar-refractivity contribution >= 4 is 23.5 Å². The van der Waals surface area contributed by atoms with Gasteiger partial charge in [-0.15, -0.1) is 0 Å². The van der Waals surface area contributed by atoms with Gasteiger partial charge in [0.2, 0.25) is 5.91 Å². The summed E-state index contributed by atoms with van der Waals surface area (Å²) in [5, 5.41) is 6.89. The number of amides is 2. The first-order valence-electron chi connectivity index (χ1n) is 10.8. The van der Waals surface area contributed by atoms with E-state index in [1.807, 2.05) is 57.3 Å². The van der Waals surface area contributed by atoms with E-state index < -0.39 is 5.60 Å². The Morgan fingerprint density at radius 1 is 1.25 bits per heavy atom. The van der Waals surface area contributed by atoms with Gasteiger partial charge in [0.1, 0.15) is 17.0 Å². The molecule has 2 amide bonds. The first-order valence-corrected chi connectivity index (χ1v) is 10.8. The number of hydrogen-bond donors (Lipinski definition) is 1. The monoisotopic (exact) mass is 439 g/mol. The Hall–Kier alpha value is -3.36. The average Bonchev–Trinajstić information content (AvgIpc) is 3.38. The van der Waals surface area contributed by atoms with Gasteiger partial charge in [-0.05, 0) is 59.1 Å². The van der Waals surface area contributed by atoms with E-state index in [-0.39, 0.29) is 17.9 Å². The summed E-state index contributed by atoms with van der Waals surface area (Å²) < 4.78 is 12.6. The zero-order valence-electron chi connectivity index (χ0n) is 19.1. The molecule has 0 radical (unpaired) electrons. The van der Waals surface area contributed by atoms with Gasteiger partial charge < -0.3 is 23.9 Å². The molecule has 0 aliphatic carbocycles. The summed E-state index contributed by atoms with van der Waals surface area (Å²) in [6.45, 7) is 10.4. The maximum absolute atomic E-state index is 12.6. The zero-order chi connectivity index (χ0) is 23.0. The van der Waals surface area contributed by atoms with Crippen LogP contribution < -0.4 is 5.32 Å². The minimum atomic E-state index is -0.527. The van der Waals surface area contributed by atoms with Crippen molar-refractivity contribution in [3.63, 3.8) is 0 Å². The molecule has 3 aromatic heterocycles. The molecule has 9 heteroatoms. The number of aromatic nitrogens is 3. The third kappa shape index (κ3) is 4.76. The SMILES string of the molecule is Cc1noc(C)c1-c1ccc2nc(NC(=O)CC3CCN(C(=O)OC(C)(C)C)C3)cn2c1. The number of anilines is 1. The number of carbonyl (C=O) groups is 2. The van der Waals surface area contributed by atoms with Crippen molar-refractivity contribution in [1.82, 2.24) is 19.4 Å². The van der Waals surface area contributed by atoms with Crippen molar-refractivity contribution in [1.29, 1.82) is 0 Å². The molecule has 1 atom stereocenters. The van der Waals surface area contributed by atoms with E-state index in [9.17, 15) is 9.59 Å². The number of nitrogens with zero attached hydrogens (tertiary/aromatic N) is 4. The molecule has 1 saturated heterocycles. The van der Waals surface area contributed by atoms with Gasteiger partial charge in [0.25, 0.3) is 0 Å². The molecule has 1 aliphatic heterocycles. The van der Waals surface area contributed by atoms with Crippen LogP contribution in [0.15, 0.2) is 29.0 Å². The molecule has 170 valence electrons. The van der Waals surface area contributed by atoms with Gasteiger partial charge in [-0.3, -0.25) is 4.79 Å². The van der Waals surface area contributed by atoms with E-state index in [2.05, 4.69) is 15.5 Å². The molecule has 0 saturated carbocycles. The van der Waals surface area contributed by atoms with Crippen molar-refractivity contribution in [3.8, 4) is 11.1 Å². The fraction of sp³-hybridized carbons (Fsp3) is 0.478. The molecular weight excluding hydrogens is 410 g/mol. The Labute approximate surface area is 186 Å². The standard InChI is InChI=1S/C23H29N5O4/c1-14-21(15(2)32-26-14)17-6-7-19-24-18(13-28(19)12-17)25-20(29)10-16-8-9-27(11-16)22(30)31-23(3,4)5/h6-7,12-13,16H,8-11H2,1-5H3,(H,25,29). The summed E-state index contributed by atoms with van der Waals surface area (Å²) in [7, 11) is 0. The van der Waals surface area contributed by atoms with E-state index in [0.29, 0.717) is 25.3 Å². The van der Waals surface area contributed by atoms with Crippen molar-refractivity contribution in [2.75, 3.05) is 18.4 Å². The Bertz CT molecular complexity index is 1140. The number of ether oxygens (including phenoxy) is 1. The summed E-state index contributed by atoms with van der Waals surface area (Å²) >= 11 is 0. The Balaban J connectivity index is 1.37. The number of likely N-dealkylation sites (tertiary alicyclic amines) is 1. The Morgan fingerprint density at radius 2 is 2.03 bits per heavy atom. The van der Waals surface area contributed by atoms with Gasteiger partial charge in [0.05, 0.1) is 11.9 Å². The summed E-state index contributed by atoms with van der Waals surface area (Å²) in [6, 6.07) is 3.86. The second kappa shape index (κ2) is 8.29. The molecule has 4 rings (SSSR count). The van der Waals surface area contributed by atoms with Crippen molar-refractivity contribution < 1.29 is 18.8 Å². The lowest BCUT2D eigenvalue weighted by Gasteiger charge is -2.24. The third-order valence-electron chi connectivity index (χ3n) is 5.45. The first kappa shape index (κ1) is 21.9. The van der Waals surface area contributed by atoms with E-state index in [4.69, 9.17) is 9.26 Å². The van der Waals surface area contributed by atoms with Crippen LogP contribution in [-0.2, 0) is 9.53 Å². The molecule has 1 N–H and O–H groups in total. The number of rotatable bonds is 4. The molecule has 1 aliphatic rings. The topological polar surface area (TPSA) is 102 Å². The summed E-state index contributed by atoms with van der Waals surface area (Å²) in [6.07, 6.45) is 4.52. The van der Waals surface area contributed by atoms with Crippen LogP contribution in [0, 0.1) is 19.8 Å². The maximum atomic E-state index is 12.6. The number of fused-ring (bicyclic) bond motifs is 1. The highest BCUT2D eigenvalue weighted by Gasteiger charge is 2.31. The molecule has 0 aromatic carbocycles. The van der Waals surface area contributed by atoms with Crippen molar-refractivity contribution in [2.45, 2.75) is 53.1 Å². The highest BCUT2D eigenvalue weighted by molar-refractivity contribution is 5.90. The Morgan fingerprint density at radius 3 is 2.72 bits per heavy atom. The molecule has 1 fully saturated rings. The largest absolute Gasteiger partial charge is 0.444 e. The smallest absolute Gasteiger partial charge is 0.410 e. The van der Waals surface area contributed by atoms with Crippen LogP contribution in [0.3, 0.4) is 0 Å². The van der Waals surface area contributed by atoms with Crippen LogP contribution in [0.5, 0.6) is 0 Å². The lowest BCUT2D eigenvalue weighted by Crippen LogP contribution is -2.35. The van der Waals surface area contributed by atoms with Gasteiger partial charge in [-0.25, -0.2) is 9.78 Å². The van der Waals surface area contributed by atoms with Crippen molar-refractivity contribution in [2.24, 2.45) is 5.92 Å². The molecule has 32 heavy (non-hydrogen) atoms. The van der Waals surface area contributed by atoms with Crippen LogP contribution in [-0.4, -0.2) is 50.1 Å². The number of carbonyl (C=O) groups excluding carboxylic acids is 2. The van der Waals surface area contributed by atoms with Crippen LogP contribution in [0.1, 0.15) is 45.1 Å². The minimum absolute atomic E-state index is 0.102. The average molecular weight is 440 g/mol. The number of hydrogen-bond acceptors (Lipinski definition) is 6. The van der Waals surface area contributed by atoms with Crippen molar-refractivity contribution in [3.05, 3.63) is 36.0 Å². The van der Waals surface area contributed by atoms with Crippen LogP contribution in [0.4, 0.5) is 10.6 Å². The van der Waals surface area contributed by atoms with Gasteiger partial charge in [0.15, 0.2) is 5.82 Å². The van der Waals surface area contributed by atoms with Gasteiger partial charge >= 0.3 is 6.09 Å². The number of pyridine rings is 1. The quantitative estimate of drug-likeness (QED) is 0.654. The van der Waals surface area contributed by atoms with Crippen LogP contribution in [0.2, 0.25) is 0 Å². The normalized spacial score (nSPS) is 16.5. The highest BCUT2D eigenvalue weighted by Crippen LogP contribution is 2.28. The Kier molecular flexibility index (Phi) is 5.66. The molecule has 1 unspecified atom stereocenters. The first-order chi connectivity index (χ1) is 15.1. The second-order valence-corrected chi connectivity index (χ2v) is 9.34. The van der Waals surface area contributed by atoms with E-state index >= 15 is 0 Å². The van der Waals surface area contributed by atoms with E-state index in [1.54, 1.807) is 11.1 Å². The summed E-state index contributed by atoms with van der Waals surface area (Å²) in [5.74, 6) is 1.24. The molecule has 4 heterocycles. The maximum Gasteiger partial charge on any atom is 0.410 e. The number of nitrogens with one attached hydrogen (secondary N) is 1. The highest BCUT2D eigenvalue weighted by atomic mass is 16.6. The summed E-state index contributed by atoms with van der Waals surface area (Å²) in [5.41, 5.74) is 2.96. The van der Waals surface area contributed by atoms with Gasteiger partial charge in [-0.2, -0.15) is 0 Å². The fourth-order valence-electron chi connectivity index (χ4n) is 4.04. The van der Waals surface area contributed by atoms with E-state index in [1.165, 1.54) is 0 Å². The molecule has 3 aromatic rings. The summed E-state index contributed by atoms with van der Waals surface area (Å²) in [4.78, 5) is 31.0. The zero-order valence-corrected chi connectivity index (χ0v) is 19.1. The number of imidazole rings is 1. The lowest BCUT2D eigenvalue weighted by atomic mass is 10.0. The molecule has 9 nitrogen and oxygen atoms in total. The minimum Gasteiger partial charge on any atom is -0.444 e. The fourth-order valence-corrected chi connectivity index (χ4v) is 4.04. The van der Waals surface area contributed by atoms with Gasteiger partial charge in [0, 0.05) is 36.8 Å². The third-order valence-corrected chi connectivity index (χ3v) is 5.45. The van der Waals surface area contributed by atoms with Gasteiger partial charge in [-0.1, -0.05) is 5.16 Å². The predicted molar refractivity (Wildman–Crippen MR) is 119 cm³/mol. The number of aryl methyl sites for hydroxylation is 2. The second-order valence-electron chi connectivity index (χ2n) is 9.34. The predicted octanol–water partition coefficient (Wildman–Crippen LogP) is 4.19. The van der Waals surface area contributed by atoms with E-state index in [0.717, 1.165) is 34.6 Å². The van der Waals surface area contributed by atoms with Crippen LogP contribution >= 0.6 is 0 Å². The molecule has 0 spiro atoms.